The molecule has 1 unspecified atom stereocenters. The number of rotatable bonds is 3. The molecule has 1 atom stereocenters. The summed E-state index contributed by atoms with van der Waals surface area (Å²) >= 11 is 0. The molecule has 1 fully saturated rings. The van der Waals surface area contributed by atoms with Gasteiger partial charge in [-0.05, 0) is 43.0 Å². The molecule has 1 aliphatic carbocycles. The summed E-state index contributed by atoms with van der Waals surface area (Å²) in [5, 5.41) is 8.96. The highest BCUT2D eigenvalue weighted by atomic mass is 19.1. The van der Waals surface area contributed by atoms with Crippen LogP contribution in [0.15, 0.2) is 18.2 Å². The molecule has 16 heavy (non-hydrogen) atoms. The molecule has 1 saturated carbocycles. The van der Waals surface area contributed by atoms with Gasteiger partial charge < -0.3 is 10.8 Å². The quantitative estimate of drug-likeness (QED) is 0.817. The topological polar surface area (TPSA) is 63.3 Å². The fraction of sp³-hybridized carbons (Fsp3) is 0.417. The molecule has 0 radical (unpaired) electrons. The number of benzene rings is 1. The van der Waals surface area contributed by atoms with Gasteiger partial charge in [-0.25, -0.2) is 4.39 Å². The normalized spacial score (nSPS) is 19.2. The monoisotopic (exact) mass is 223 g/mol. The summed E-state index contributed by atoms with van der Waals surface area (Å²) in [5.41, 5.74) is 6.77. The van der Waals surface area contributed by atoms with Crippen LogP contribution >= 0.6 is 0 Å². The highest BCUT2D eigenvalue weighted by molar-refractivity contribution is 5.77. The Bertz CT molecular complexity index is 441. The van der Waals surface area contributed by atoms with Gasteiger partial charge in [-0.2, -0.15) is 0 Å². The fourth-order valence-corrected chi connectivity index (χ4v) is 2.25. The predicted molar refractivity (Wildman–Crippen MR) is 57.7 cm³/mol. The number of aliphatic carboxylic acids is 1. The molecule has 4 heteroatoms. The minimum atomic E-state index is -1.03. The van der Waals surface area contributed by atoms with E-state index in [0.717, 1.165) is 11.1 Å². The molecule has 2 rings (SSSR count). The third kappa shape index (κ3) is 1.59. The summed E-state index contributed by atoms with van der Waals surface area (Å²) in [6.45, 7) is 1.85. The maximum atomic E-state index is 13.2. The number of carboxylic acids is 1. The van der Waals surface area contributed by atoms with Crippen molar-refractivity contribution in [3.05, 3.63) is 35.1 Å². The third-order valence-corrected chi connectivity index (χ3v) is 3.39. The second-order valence-electron chi connectivity index (χ2n) is 4.43. The number of carboxylic acid groups (broad SMARTS) is 1. The molecule has 0 heterocycles. The van der Waals surface area contributed by atoms with E-state index in [4.69, 9.17) is 10.8 Å². The van der Waals surface area contributed by atoms with Crippen LogP contribution in [-0.4, -0.2) is 17.1 Å². The molecule has 0 amide bonds. The van der Waals surface area contributed by atoms with E-state index in [9.17, 15) is 9.18 Å². The van der Waals surface area contributed by atoms with E-state index in [1.54, 1.807) is 6.07 Å². The Morgan fingerprint density at radius 1 is 1.56 bits per heavy atom. The van der Waals surface area contributed by atoms with Crippen LogP contribution in [0.25, 0.3) is 0 Å². The molecule has 0 aliphatic heterocycles. The molecule has 3 N–H and O–H groups in total. The molecule has 3 nitrogen and oxygen atoms in total. The van der Waals surface area contributed by atoms with Crippen molar-refractivity contribution in [1.82, 2.24) is 0 Å². The van der Waals surface area contributed by atoms with Crippen LogP contribution in [0.3, 0.4) is 0 Å². The average molecular weight is 223 g/mol. The Hall–Kier alpha value is -1.42. The second-order valence-corrected chi connectivity index (χ2v) is 4.43. The highest BCUT2D eigenvalue weighted by Crippen LogP contribution is 2.51. The first kappa shape index (κ1) is 11.1. The maximum Gasteiger partial charge on any atom is 0.321 e. The molecular weight excluding hydrogens is 209 g/mol. The number of aryl methyl sites for hydroxylation is 1. The van der Waals surface area contributed by atoms with Crippen molar-refractivity contribution in [2.75, 3.05) is 0 Å². The first-order chi connectivity index (χ1) is 7.47. The van der Waals surface area contributed by atoms with Gasteiger partial charge in [-0.3, -0.25) is 4.79 Å². The van der Waals surface area contributed by atoms with Crippen molar-refractivity contribution < 1.29 is 14.3 Å². The van der Waals surface area contributed by atoms with Crippen LogP contribution in [-0.2, 0) is 10.2 Å². The van der Waals surface area contributed by atoms with E-state index in [1.165, 1.54) is 12.1 Å². The summed E-state index contributed by atoms with van der Waals surface area (Å²) in [7, 11) is 0. The number of halogens is 1. The fourth-order valence-electron chi connectivity index (χ4n) is 2.25. The van der Waals surface area contributed by atoms with Gasteiger partial charge in [0, 0.05) is 5.41 Å². The smallest absolute Gasteiger partial charge is 0.321 e. The first-order valence-electron chi connectivity index (χ1n) is 5.22. The van der Waals surface area contributed by atoms with Gasteiger partial charge in [0.25, 0.3) is 0 Å². The molecule has 0 bridgehead atoms. The summed E-state index contributed by atoms with van der Waals surface area (Å²) < 4.78 is 13.2. The Balaban J connectivity index is 2.44. The number of carbonyl (C=O) groups is 1. The molecule has 1 aromatic rings. The van der Waals surface area contributed by atoms with Gasteiger partial charge in [0.1, 0.15) is 11.9 Å². The Kier molecular flexibility index (Phi) is 2.46. The largest absolute Gasteiger partial charge is 0.480 e. The minimum absolute atomic E-state index is 0.343. The summed E-state index contributed by atoms with van der Waals surface area (Å²) in [4.78, 5) is 10.9. The van der Waals surface area contributed by atoms with E-state index in [0.29, 0.717) is 12.8 Å². The number of hydrogen-bond donors (Lipinski definition) is 2. The van der Waals surface area contributed by atoms with Crippen LogP contribution in [0, 0.1) is 12.7 Å². The van der Waals surface area contributed by atoms with Gasteiger partial charge in [0.05, 0.1) is 0 Å². The van der Waals surface area contributed by atoms with Gasteiger partial charge >= 0.3 is 5.97 Å². The number of hydrogen-bond acceptors (Lipinski definition) is 2. The lowest BCUT2D eigenvalue weighted by Crippen LogP contribution is -2.42. The van der Waals surface area contributed by atoms with Gasteiger partial charge in [0.15, 0.2) is 0 Å². The Morgan fingerprint density at radius 3 is 2.69 bits per heavy atom. The standard InChI is InChI=1S/C12H14FNO2/c1-7-2-3-8(13)6-9(7)12(4-5-12)10(14)11(15)16/h2-3,6,10H,4-5,14H2,1H3,(H,15,16). The molecule has 1 aliphatic rings. The first-order valence-corrected chi connectivity index (χ1v) is 5.22. The lowest BCUT2D eigenvalue weighted by molar-refractivity contribution is -0.139. The van der Waals surface area contributed by atoms with Crippen molar-refractivity contribution in [1.29, 1.82) is 0 Å². The zero-order valence-electron chi connectivity index (χ0n) is 9.03. The van der Waals surface area contributed by atoms with Crippen molar-refractivity contribution in [2.24, 2.45) is 5.73 Å². The van der Waals surface area contributed by atoms with Crippen molar-refractivity contribution in [3.63, 3.8) is 0 Å². The van der Waals surface area contributed by atoms with Crippen LogP contribution in [0.1, 0.15) is 24.0 Å². The molecule has 1 aromatic carbocycles. The van der Waals surface area contributed by atoms with E-state index in [2.05, 4.69) is 0 Å². The van der Waals surface area contributed by atoms with Crippen LogP contribution < -0.4 is 5.73 Å². The minimum Gasteiger partial charge on any atom is -0.480 e. The Morgan fingerprint density at radius 2 is 2.19 bits per heavy atom. The van der Waals surface area contributed by atoms with E-state index < -0.39 is 17.4 Å². The summed E-state index contributed by atoms with van der Waals surface area (Å²) in [5.74, 6) is -1.37. The highest BCUT2D eigenvalue weighted by Gasteiger charge is 2.53. The summed E-state index contributed by atoms with van der Waals surface area (Å²) in [6, 6.07) is 3.50. The van der Waals surface area contributed by atoms with E-state index >= 15 is 0 Å². The van der Waals surface area contributed by atoms with Crippen LogP contribution in [0.4, 0.5) is 4.39 Å². The van der Waals surface area contributed by atoms with Crippen molar-refractivity contribution in [3.8, 4) is 0 Å². The number of nitrogens with two attached hydrogens (primary N) is 1. The van der Waals surface area contributed by atoms with E-state index in [-0.39, 0.29) is 5.82 Å². The van der Waals surface area contributed by atoms with Crippen LogP contribution in [0.2, 0.25) is 0 Å². The van der Waals surface area contributed by atoms with Crippen molar-refractivity contribution in [2.45, 2.75) is 31.2 Å². The van der Waals surface area contributed by atoms with Gasteiger partial charge in [-0.15, -0.1) is 0 Å². The zero-order chi connectivity index (χ0) is 11.9. The van der Waals surface area contributed by atoms with Gasteiger partial charge in [0.2, 0.25) is 0 Å². The maximum absolute atomic E-state index is 13.2. The molecule has 0 saturated heterocycles. The van der Waals surface area contributed by atoms with Crippen LogP contribution in [0.5, 0.6) is 0 Å². The van der Waals surface area contributed by atoms with Gasteiger partial charge in [-0.1, -0.05) is 6.07 Å². The molecule has 0 aromatic heterocycles. The summed E-state index contributed by atoms with van der Waals surface area (Å²) in [6.07, 6.45) is 1.43. The second kappa shape index (κ2) is 3.56. The molecule has 86 valence electrons. The van der Waals surface area contributed by atoms with Crippen molar-refractivity contribution >= 4 is 5.97 Å². The molecular formula is C12H14FNO2. The predicted octanol–water partition coefficient (Wildman–Crippen LogP) is 1.58. The lowest BCUT2D eigenvalue weighted by Gasteiger charge is -2.22. The van der Waals surface area contributed by atoms with E-state index in [1.807, 2.05) is 6.92 Å². The lowest BCUT2D eigenvalue weighted by atomic mass is 9.85. The SMILES string of the molecule is Cc1ccc(F)cc1C1(C(N)C(=O)O)CC1. The zero-order valence-corrected chi connectivity index (χ0v) is 9.03. The average Bonchev–Trinajstić information content (AvgIpc) is 3.01. The third-order valence-electron chi connectivity index (χ3n) is 3.39. The Labute approximate surface area is 93.1 Å². The molecule has 0 spiro atoms.